The first-order valence-corrected chi connectivity index (χ1v) is 10.0. The molecule has 2 aromatic heterocycles. The first kappa shape index (κ1) is 17.8. The molecule has 5 rings (SSSR count). The van der Waals surface area contributed by atoms with E-state index in [-0.39, 0.29) is 0 Å². The van der Waals surface area contributed by atoms with Crippen LogP contribution in [0.3, 0.4) is 0 Å². The summed E-state index contributed by atoms with van der Waals surface area (Å²) in [7, 11) is 1.70. The number of anilines is 2. The summed E-state index contributed by atoms with van der Waals surface area (Å²) < 4.78 is 5.57. The van der Waals surface area contributed by atoms with Gasteiger partial charge < -0.3 is 19.5 Å². The number of hydrogen-bond acceptors (Lipinski definition) is 5. The molecular weight excluding hydrogens is 362 g/mol. The van der Waals surface area contributed by atoms with Gasteiger partial charge in [0.25, 0.3) is 0 Å². The number of nitrogens with zero attached hydrogens (tertiary/aromatic N) is 4. The quantitative estimate of drug-likeness (QED) is 0.572. The van der Waals surface area contributed by atoms with Gasteiger partial charge in [-0.05, 0) is 43.7 Å². The molecule has 4 aromatic rings. The monoisotopic (exact) mass is 387 g/mol. The van der Waals surface area contributed by atoms with E-state index < -0.39 is 0 Å². The maximum atomic E-state index is 5.57. The molecule has 6 heteroatoms. The smallest absolute Gasteiger partial charge is 0.156 e. The van der Waals surface area contributed by atoms with Crippen molar-refractivity contribution in [2.75, 3.05) is 36.5 Å². The Bertz CT molecular complexity index is 1180. The number of methoxy groups -OCH3 is 1. The number of H-pyrrole nitrogens is 1. The third-order valence-electron chi connectivity index (χ3n) is 5.83. The van der Waals surface area contributed by atoms with Crippen molar-refractivity contribution in [2.24, 2.45) is 0 Å². The average Bonchev–Trinajstić information content (AvgIpc) is 3.12. The van der Waals surface area contributed by atoms with Crippen LogP contribution in [0.1, 0.15) is 12.5 Å². The van der Waals surface area contributed by atoms with Crippen molar-refractivity contribution in [2.45, 2.75) is 19.9 Å². The van der Waals surface area contributed by atoms with Crippen LogP contribution in [0.25, 0.3) is 21.9 Å². The van der Waals surface area contributed by atoms with E-state index in [4.69, 9.17) is 4.74 Å². The topological polar surface area (TPSA) is 57.3 Å². The lowest BCUT2D eigenvalue weighted by molar-refractivity contribution is 0.420. The van der Waals surface area contributed by atoms with Gasteiger partial charge in [-0.25, -0.2) is 9.97 Å². The van der Waals surface area contributed by atoms with Crippen LogP contribution in [-0.2, 0) is 0 Å². The highest BCUT2D eigenvalue weighted by Gasteiger charge is 2.27. The van der Waals surface area contributed by atoms with Crippen LogP contribution in [-0.4, -0.2) is 47.7 Å². The highest BCUT2D eigenvalue weighted by molar-refractivity contribution is 6.11. The van der Waals surface area contributed by atoms with E-state index >= 15 is 0 Å². The van der Waals surface area contributed by atoms with Crippen molar-refractivity contribution in [3.05, 3.63) is 54.4 Å². The summed E-state index contributed by atoms with van der Waals surface area (Å²) in [6.07, 6.45) is 1.66. The summed E-state index contributed by atoms with van der Waals surface area (Å²) in [5.74, 6) is 1.79. The average molecular weight is 387 g/mol. The second-order valence-electron chi connectivity index (χ2n) is 7.76. The molecular formula is C23H25N5O. The number of fused-ring (bicyclic) bond motifs is 3. The number of piperazine rings is 1. The van der Waals surface area contributed by atoms with Crippen LogP contribution in [0.5, 0.6) is 5.75 Å². The molecule has 1 aliphatic rings. The van der Waals surface area contributed by atoms with Crippen molar-refractivity contribution in [1.29, 1.82) is 0 Å². The Morgan fingerprint density at radius 2 is 1.97 bits per heavy atom. The predicted molar refractivity (Wildman–Crippen MR) is 118 cm³/mol. The zero-order valence-electron chi connectivity index (χ0n) is 17.0. The van der Waals surface area contributed by atoms with E-state index in [1.807, 2.05) is 12.1 Å². The maximum absolute atomic E-state index is 5.57. The van der Waals surface area contributed by atoms with E-state index in [1.165, 1.54) is 11.3 Å². The van der Waals surface area contributed by atoms with E-state index in [9.17, 15) is 0 Å². The molecule has 0 unspecified atom stereocenters. The molecule has 0 aliphatic carbocycles. The van der Waals surface area contributed by atoms with Crippen molar-refractivity contribution in [1.82, 2.24) is 15.0 Å². The number of aryl methyl sites for hydroxylation is 1. The first-order chi connectivity index (χ1) is 14.2. The van der Waals surface area contributed by atoms with Gasteiger partial charge in [-0.2, -0.15) is 0 Å². The zero-order chi connectivity index (χ0) is 20.0. The van der Waals surface area contributed by atoms with Gasteiger partial charge in [0.1, 0.15) is 23.1 Å². The second-order valence-corrected chi connectivity index (χ2v) is 7.76. The summed E-state index contributed by atoms with van der Waals surface area (Å²) in [4.78, 5) is 17.6. The molecule has 0 bridgehead atoms. The van der Waals surface area contributed by atoms with Crippen LogP contribution in [0.15, 0.2) is 48.8 Å². The number of nitrogens with one attached hydrogen (secondary N) is 1. The van der Waals surface area contributed by atoms with Gasteiger partial charge in [0.15, 0.2) is 5.82 Å². The van der Waals surface area contributed by atoms with Crippen molar-refractivity contribution < 1.29 is 4.74 Å². The normalized spacial score (nSPS) is 17.3. The summed E-state index contributed by atoms with van der Waals surface area (Å²) >= 11 is 0. The fraction of sp³-hybridized carbons (Fsp3) is 0.304. The molecule has 1 saturated heterocycles. The van der Waals surface area contributed by atoms with Crippen LogP contribution in [0.2, 0.25) is 0 Å². The Morgan fingerprint density at radius 3 is 2.76 bits per heavy atom. The van der Waals surface area contributed by atoms with E-state index in [0.717, 1.165) is 53.1 Å². The highest BCUT2D eigenvalue weighted by Crippen LogP contribution is 2.35. The molecule has 148 valence electrons. The van der Waals surface area contributed by atoms with Gasteiger partial charge in [0.05, 0.1) is 18.0 Å². The Labute approximate surface area is 170 Å². The molecule has 0 radical (unpaired) electrons. The maximum Gasteiger partial charge on any atom is 0.156 e. The van der Waals surface area contributed by atoms with Crippen molar-refractivity contribution in [3.63, 3.8) is 0 Å². The minimum atomic E-state index is 0.384. The molecule has 1 aliphatic heterocycles. The van der Waals surface area contributed by atoms with Crippen molar-refractivity contribution in [3.8, 4) is 5.75 Å². The fourth-order valence-corrected chi connectivity index (χ4v) is 4.45. The number of aromatic amines is 1. The van der Waals surface area contributed by atoms with Crippen LogP contribution >= 0.6 is 0 Å². The third kappa shape index (κ3) is 2.95. The standard InChI is InChI=1S/C23H25N5O/c1-15-6-4-7-17(12-15)28-11-10-27(13-16(28)2)23-22-21(24-14-25-23)20-18(26-22)8-5-9-19(20)29-3/h4-9,12,14,16,26H,10-11,13H2,1-3H3/t16-/m0/s1. The van der Waals surface area contributed by atoms with E-state index in [0.29, 0.717) is 6.04 Å². The number of benzene rings is 2. The summed E-state index contributed by atoms with van der Waals surface area (Å²) in [5, 5.41) is 1.01. The van der Waals surface area contributed by atoms with Gasteiger partial charge in [-0.15, -0.1) is 0 Å². The minimum absolute atomic E-state index is 0.384. The molecule has 3 heterocycles. The molecule has 0 spiro atoms. The second kappa shape index (κ2) is 6.95. The van der Waals surface area contributed by atoms with Crippen LogP contribution in [0, 0.1) is 6.92 Å². The molecule has 2 aromatic carbocycles. The number of hydrogen-bond donors (Lipinski definition) is 1. The lowest BCUT2D eigenvalue weighted by Gasteiger charge is -2.42. The first-order valence-electron chi connectivity index (χ1n) is 10.0. The molecule has 1 fully saturated rings. The molecule has 1 N–H and O–H groups in total. The van der Waals surface area contributed by atoms with Crippen molar-refractivity contribution >= 4 is 33.4 Å². The van der Waals surface area contributed by atoms with Crippen LogP contribution in [0.4, 0.5) is 11.5 Å². The molecule has 0 saturated carbocycles. The zero-order valence-corrected chi connectivity index (χ0v) is 17.0. The third-order valence-corrected chi connectivity index (χ3v) is 5.83. The van der Waals surface area contributed by atoms with E-state index in [1.54, 1.807) is 13.4 Å². The Balaban J connectivity index is 1.51. The van der Waals surface area contributed by atoms with Gasteiger partial charge in [0, 0.05) is 31.4 Å². The SMILES string of the molecule is COc1cccc2[nH]c3c(N4CCN(c5cccc(C)c5)[C@@H](C)C4)ncnc3c12. The summed E-state index contributed by atoms with van der Waals surface area (Å²) in [6.45, 7) is 7.20. The van der Waals surface area contributed by atoms with Gasteiger partial charge in [-0.1, -0.05) is 18.2 Å². The molecule has 29 heavy (non-hydrogen) atoms. The summed E-state index contributed by atoms with van der Waals surface area (Å²) in [5.41, 5.74) is 5.49. The number of aromatic nitrogens is 3. The minimum Gasteiger partial charge on any atom is -0.496 e. The Morgan fingerprint density at radius 1 is 1.10 bits per heavy atom. The largest absolute Gasteiger partial charge is 0.496 e. The van der Waals surface area contributed by atoms with Crippen LogP contribution < -0.4 is 14.5 Å². The molecule has 0 amide bonds. The van der Waals surface area contributed by atoms with Gasteiger partial charge in [0.2, 0.25) is 0 Å². The number of rotatable bonds is 3. The Hall–Kier alpha value is -3.28. The van der Waals surface area contributed by atoms with Gasteiger partial charge >= 0.3 is 0 Å². The number of ether oxygens (including phenoxy) is 1. The molecule has 1 atom stereocenters. The lowest BCUT2D eigenvalue weighted by atomic mass is 10.1. The fourth-order valence-electron chi connectivity index (χ4n) is 4.45. The lowest BCUT2D eigenvalue weighted by Crippen LogP contribution is -2.52. The highest BCUT2D eigenvalue weighted by atomic mass is 16.5. The molecule has 6 nitrogen and oxygen atoms in total. The predicted octanol–water partition coefficient (Wildman–Crippen LogP) is 4.14. The summed E-state index contributed by atoms with van der Waals surface area (Å²) in [6, 6.07) is 15.1. The van der Waals surface area contributed by atoms with E-state index in [2.05, 4.69) is 68.9 Å². The van der Waals surface area contributed by atoms with Gasteiger partial charge in [-0.3, -0.25) is 0 Å². The Kier molecular flexibility index (Phi) is 4.27.